The van der Waals surface area contributed by atoms with Crippen LogP contribution >= 0.6 is 0 Å². The van der Waals surface area contributed by atoms with Gasteiger partial charge in [0.15, 0.2) is 0 Å². The number of rotatable bonds is 28. The zero-order chi connectivity index (χ0) is 27.4. The van der Waals surface area contributed by atoms with Gasteiger partial charge in [-0.15, -0.1) is 0 Å². The van der Waals surface area contributed by atoms with Gasteiger partial charge in [0.2, 0.25) is 5.91 Å². The van der Waals surface area contributed by atoms with Gasteiger partial charge in [0, 0.05) is 0 Å². The highest BCUT2D eigenvalue weighted by atomic mass is 16.3. The average molecular weight is 526 g/mol. The Morgan fingerprint density at radius 2 is 1.03 bits per heavy atom. The normalized spacial score (nSPS) is 14.2. The van der Waals surface area contributed by atoms with Crippen LogP contribution in [0.2, 0.25) is 0 Å². The topological polar surface area (TPSA) is 89.8 Å². The molecule has 4 N–H and O–H groups in total. The highest BCUT2D eigenvalue weighted by molar-refractivity contribution is 5.80. The first-order chi connectivity index (χ1) is 18.1. The number of allylic oxidation sites excluding steroid dienone is 2. The van der Waals surface area contributed by atoms with Crippen LogP contribution in [0.15, 0.2) is 12.2 Å². The summed E-state index contributed by atoms with van der Waals surface area (Å²) in [6.07, 6.45) is 29.0. The van der Waals surface area contributed by atoms with E-state index in [0.29, 0.717) is 12.8 Å². The Balaban J connectivity index is 3.76. The Kier molecular flexibility index (Phi) is 27.4. The van der Waals surface area contributed by atoms with Gasteiger partial charge in [-0.1, -0.05) is 135 Å². The molecule has 3 unspecified atom stereocenters. The lowest BCUT2D eigenvalue weighted by atomic mass is 10.0. The third-order valence-electron chi connectivity index (χ3n) is 7.38. The molecule has 0 radical (unpaired) electrons. The molecule has 0 aliphatic rings. The van der Waals surface area contributed by atoms with E-state index in [1.54, 1.807) is 0 Å². The van der Waals surface area contributed by atoms with Crippen molar-refractivity contribution in [2.45, 2.75) is 180 Å². The van der Waals surface area contributed by atoms with Gasteiger partial charge in [-0.2, -0.15) is 0 Å². The molecular weight excluding hydrogens is 462 g/mol. The Bertz CT molecular complexity index is 511. The van der Waals surface area contributed by atoms with Gasteiger partial charge < -0.3 is 20.6 Å². The Morgan fingerprint density at radius 1 is 0.622 bits per heavy atom. The quantitative estimate of drug-likeness (QED) is 0.0621. The van der Waals surface area contributed by atoms with Crippen molar-refractivity contribution < 1.29 is 20.1 Å². The van der Waals surface area contributed by atoms with Gasteiger partial charge in [-0.3, -0.25) is 4.79 Å². The summed E-state index contributed by atoms with van der Waals surface area (Å²) >= 11 is 0. The molecule has 0 aromatic rings. The first kappa shape index (κ1) is 36.1. The SMILES string of the molecule is CCCCC/C=C\CCCCCCC(O)C(=O)NC(CO)C(O)CCCCCCCCCCCCCC. The van der Waals surface area contributed by atoms with Gasteiger partial charge >= 0.3 is 0 Å². The third-order valence-corrected chi connectivity index (χ3v) is 7.38. The summed E-state index contributed by atoms with van der Waals surface area (Å²) < 4.78 is 0. The van der Waals surface area contributed by atoms with Gasteiger partial charge in [0.25, 0.3) is 0 Å². The first-order valence-electron chi connectivity index (χ1n) is 16.0. The van der Waals surface area contributed by atoms with Crippen LogP contribution < -0.4 is 5.32 Å². The Hall–Kier alpha value is -0.910. The fourth-order valence-electron chi connectivity index (χ4n) is 4.77. The number of aliphatic hydroxyl groups excluding tert-OH is 3. The maximum Gasteiger partial charge on any atom is 0.249 e. The monoisotopic (exact) mass is 525 g/mol. The lowest BCUT2D eigenvalue weighted by Crippen LogP contribution is -2.49. The van der Waals surface area contributed by atoms with Crippen LogP contribution in [0.4, 0.5) is 0 Å². The number of hydrogen-bond donors (Lipinski definition) is 4. The molecule has 37 heavy (non-hydrogen) atoms. The van der Waals surface area contributed by atoms with Gasteiger partial charge in [0.05, 0.1) is 18.8 Å². The van der Waals surface area contributed by atoms with Crippen molar-refractivity contribution in [2.24, 2.45) is 0 Å². The van der Waals surface area contributed by atoms with E-state index in [0.717, 1.165) is 44.9 Å². The number of carbonyl (C=O) groups is 1. The minimum absolute atomic E-state index is 0.316. The van der Waals surface area contributed by atoms with E-state index >= 15 is 0 Å². The molecule has 0 saturated heterocycles. The number of carbonyl (C=O) groups excluding carboxylic acids is 1. The van der Waals surface area contributed by atoms with Gasteiger partial charge in [-0.05, 0) is 38.5 Å². The fraction of sp³-hybridized carbons (Fsp3) is 0.906. The molecule has 5 nitrogen and oxygen atoms in total. The van der Waals surface area contributed by atoms with E-state index < -0.39 is 24.2 Å². The van der Waals surface area contributed by atoms with Crippen LogP contribution in [0.1, 0.15) is 162 Å². The lowest BCUT2D eigenvalue weighted by molar-refractivity contribution is -0.131. The number of amides is 1. The summed E-state index contributed by atoms with van der Waals surface area (Å²) in [6.45, 7) is 4.16. The molecule has 0 aliphatic heterocycles. The number of aliphatic hydroxyl groups is 3. The van der Waals surface area contributed by atoms with Crippen LogP contribution in [0.25, 0.3) is 0 Å². The molecule has 0 aromatic heterocycles. The number of hydrogen-bond acceptors (Lipinski definition) is 4. The van der Waals surface area contributed by atoms with E-state index in [1.165, 1.54) is 89.9 Å². The first-order valence-corrected chi connectivity index (χ1v) is 16.0. The van der Waals surface area contributed by atoms with Crippen LogP contribution in [0.3, 0.4) is 0 Å². The van der Waals surface area contributed by atoms with Crippen molar-refractivity contribution in [1.82, 2.24) is 5.32 Å². The fourth-order valence-corrected chi connectivity index (χ4v) is 4.77. The summed E-state index contributed by atoms with van der Waals surface area (Å²) in [5.74, 6) is -0.484. The predicted octanol–water partition coefficient (Wildman–Crippen LogP) is 7.75. The molecule has 0 fully saturated rings. The van der Waals surface area contributed by atoms with Gasteiger partial charge in [0.1, 0.15) is 6.10 Å². The van der Waals surface area contributed by atoms with Crippen LogP contribution in [-0.2, 0) is 4.79 Å². The molecule has 0 saturated carbocycles. The molecule has 0 rings (SSSR count). The van der Waals surface area contributed by atoms with E-state index in [2.05, 4.69) is 31.3 Å². The average Bonchev–Trinajstić information content (AvgIpc) is 2.90. The molecule has 0 aliphatic carbocycles. The van der Waals surface area contributed by atoms with Crippen molar-refractivity contribution >= 4 is 5.91 Å². The van der Waals surface area contributed by atoms with Crippen molar-refractivity contribution in [1.29, 1.82) is 0 Å². The molecule has 0 spiro atoms. The van der Waals surface area contributed by atoms with Crippen LogP contribution in [0, 0.1) is 0 Å². The van der Waals surface area contributed by atoms with Crippen molar-refractivity contribution in [2.75, 3.05) is 6.61 Å². The van der Waals surface area contributed by atoms with E-state index in [-0.39, 0.29) is 6.61 Å². The molecule has 5 heteroatoms. The zero-order valence-electron chi connectivity index (χ0n) is 24.6. The molecular formula is C32H63NO4. The highest BCUT2D eigenvalue weighted by Gasteiger charge is 2.23. The highest BCUT2D eigenvalue weighted by Crippen LogP contribution is 2.14. The molecule has 1 amide bonds. The third kappa shape index (κ3) is 23.9. The van der Waals surface area contributed by atoms with Crippen LogP contribution in [-0.4, -0.2) is 46.1 Å². The standard InChI is InChI=1S/C32H63NO4/c1-3-5-7-9-11-13-15-17-18-20-22-24-26-30(35)29(28-34)33-32(37)31(36)27-25-23-21-19-16-14-12-10-8-6-4-2/h12,14,29-31,34-36H,3-11,13,15-28H2,1-2H3,(H,33,37)/b14-12-. The summed E-state index contributed by atoms with van der Waals surface area (Å²) in [5.41, 5.74) is 0. The second-order valence-electron chi connectivity index (χ2n) is 11.0. The summed E-state index contributed by atoms with van der Waals surface area (Å²) in [7, 11) is 0. The largest absolute Gasteiger partial charge is 0.394 e. The maximum absolute atomic E-state index is 12.3. The van der Waals surface area contributed by atoms with E-state index in [9.17, 15) is 20.1 Å². The van der Waals surface area contributed by atoms with Crippen LogP contribution in [0.5, 0.6) is 0 Å². The van der Waals surface area contributed by atoms with E-state index in [1.807, 2.05) is 0 Å². The second kappa shape index (κ2) is 28.1. The van der Waals surface area contributed by atoms with Crippen molar-refractivity contribution in [3.63, 3.8) is 0 Å². The zero-order valence-corrected chi connectivity index (χ0v) is 24.6. The van der Waals surface area contributed by atoms with E-state index in [4.69, 9.17) is 0 Å². The molecule has 0 aromatic carbocycles. The summed E-state index contributed by atoms with van der Waals surface area (Å²) in [6, 6.07) is -0.709. The van der Waals surface area contributed by atoms with Crippen molar-refractivity contribution in [3.8, 4) is 0 Å². The number of unbranched alkanes of at least 4 members (excludes halogenated alkanes) is 18. The second-order valence-corrected chi connectivity index (χ2v) is 11.0. The number of nitrogens with one attached hydrogen (secondary N) is 1. The summed E-state index contributed by atoms with van der Waals surface area (Å²) in [5, 5.41) is 32.9. The minimum atomic E-state index is -1.08. The summed E-state index contributed by atoms with van der Waals surface area (Å²) in [4.78, 5) is 12.3. The molecule has 0 heterocycles. The van der Waals surface area contributed by atoms with Gasteiger partial charge in [-0.25, -0.2) is 0 Å². The minimum Gasteiger partial charge on any atom is -0.394 e. The Morgan fingerprint density at radius 3 is 1.54 bits per heavy atom. The Labute approximate surface area is 229 Å². The molecule has 220 valence electrons. The lowest BCUT2D eigenvalue weighted by Gasteiger charge is -2.23. The molecule has 3 atom stereocenters. The maximum atomic E-state index is 12.3. The van der Waals surface area contributed by atoms with Crippen molar-refractivity contribution in [3.05, 3.63) is 12.2 Å². The predicted molar refractivity (Wildman–Crippen MR) is 158 cm³/mol. The molecule has 0 bridgehead atoms. The smallest absolute Gasteiger partial charge is 0.249 e.